The molecule has 0 aromatic carbocycles. The molecule has 0 radical (unpaired) electrons. The molecule has 1 N–H and O–H groups in total. The van der Waals surface area contributed by atoms with Crippen molar-refractivity contribution < 1.29 is 14.4 Å². The van der Waals surface area contributed by atoms with Gasteiger partial charge in [-0.2, -0.15) is 0 Å². The largest absolute Gasteiger partial charge is 0.356 e. The number of nitrogens with one attached hydrogen (secondary N) is 1. The monoisotopic (exact) mass is 224 g/mol. The summed E-state index contributed by atoms with van der Waals surface area (Å²) in [6.45, 7) is 4.68. The standard InChI is InChI=1S/C11H16N2O3/c1-3-5-13-9-7(11(16)12-4-2)6-8(14)10(9)15/h7H,3-6H2,1-2H3,(H,12,16). The second-order valence-corrected chi connectivity index (χ2v) is 3.67. The van der Waals surface area contributed by atoms with Crippen molar-refractivity contribution >= 4 is 23.2 Å². The summed E-state index contributed by atoms with van der Waals surface area (Å²) in [6.07, 6.45) is 0.750. The van der Waals surface area contributed by atoms with Crippen LogP contribution in [-0.4, -0.2) is 36.3 Å². The molecule has 1 rings (SSSR count). The molecular formula is C11H16N2O3. The quantitative estimate of drug-likeness (QED) is 0.690. The maximum Gasteiger partial charge on any atom is 0.243 e. The van der Waals surface area contributed by atoms with Crippen molar-refractivity contribution in [2.75, 3.05) is 13.1 Å². The Morgan fingerprint density at radius 1 is 1.44 bits per heavy atom. The number of carbonyl (C=O) groups is 3. The fourth-order valence-electron chi connectivity index (χ4n) is 1.60. The summed E-state index contributed by atoms with van der Waals surface area (Å²) in [5.41, 5.74) is 0.137. The van der Waals surface area contributed by atoms with E-state index in [-0.39, 0.29) is 18.0 Å². The van der Waals surface area contributed by atoms with E-state index in [1.807, 2.05) is 6.92 Å². The normalized spacial score (nSPS) is 22.9. The predicted molar refractivity (Wildman–Crippen MR) is 59.4 cm³/mol. The van der Waals surface area contributed by atoms with Crippen LogP contribution in [0.3, 0.4) is 0 Å². The van der Waals surface area contributed by atoms with Gasteiger partial charge in [-0.3, -0.25) is 19.4 Å². The number of hydrogen-bond donors (Lipinski definition) is 1. The Labute approximate surface area is 94.3 Å². The van der Waals surface area contributed by atoms with Crippen LogP contribution in [0.1, 0.15) is 26.7 Å². The molecule has 1 atom stereocenters. The molecule has 88 valence electrons. The molecular weight excluding hydrogens is 208 g/mol. The first-order valence-electron chi connectivity index (χ1n) is 5.51. The summed E-state index contributed by atoms with van der Waals surface area (Å²) in [6, 6.07) is 0. The highest BCUT2D eigenvalue weighted by molar-refractivity contribution is 6.70. The molecule has 16 heavy (non-hydrogen) atoms. The highest BCUT2D eigenvalue weighted by atomic mass is 16.2. The third-order valence-corrected chi connectivity index (χ3v) is 2.38. The van der Waals surface area contributed by atoms with Crippen LogP contribution in [0, 0.1) is 5.92 Å². The average Bonchev–Trinajstić information content (AvgIpc) is 2.54. The highest BCUT2D eigenvalue weighted by Gasteiger charge is 2.41. The lowest BCUT2D eigenvalue weighted by Gasteiger charge is -2.08. The Kier molecular flexibility index (Phi) is 4.34. The summed E-state index contributed by atoms with van der Waals surface area (Å²) in [4.78, 5) is 38.4. The first kappa shape index (κ1) is 12.5. The molecule has 1 fully saturated rings. The van der Waals surface area contributed by atoms with Crippen LogP contribution in [0.25, 0.3) is 0 Å². The number of hydrogen-bond acceptors (Lipinski definition) is 4. The predicted octanol–water partition coefficient (Wildman–Crippen LogP) is 0.132. The van der Waals surface area contributed by atoms with E-state index in [2.05, 4.69) is 10.3 Å². The van der Waals surface area contributed by atoms with Crippen LogP contribution in [-0.2, 0) is 14.4 Å². The first-order valence-corrected chi connectivity index (χ1v) is 5.51. The average molecular weight is 224 g/mol. The van der Waals surface area contributed by atoms with E-state index < -0.39 is 17.5 Å². The molecule has 0 saturated heterocycles. The van der Waals surface area contributed by atoms with Crippen molar-refractivity contribution in [2.45, 2.75) is 26.7 Å². The fourth-order valence-corrected chi connectivity index (χ4v) is 1.60. The fraction of sp³-hybridized carbons (Fsp3) is 0.636. The van der Waals surface area contributed by atoms with Crippen molar-refractivity contribution in [3.63, 3.8) is 0 Å². The zero-order valence-corrected chi connectivity index (χ0v) is 9.58. The van der Waals surface area contributed by atoms with Crippen molar-refractivity contribution in [1.29, 1.82) is 0 Å². The molecule has 1 aliphatic rings. The summed E-state index contributed by atoms with van der Waals surface area (Å²) in [5, 5.41) is 2.61. The minimum atomic E-state index is -0.675. The van der Waals surface area contributed by atoms with E-state index in [0.717, 1.165) is 6.42 Å². The van der Waals surface area contributed by atoms with E-state index in [4.69, 9.17) is 0 Å². The Balaban J connectivity index is 2.86. The Bertz CT molecular complexity index is 347. The second-order valence-electron chi connectivity index (χ2n) is 3.67. The molecule has 1 amide bonds. The van der Waals surface area contributed by atoms with Gasteiger partial charge >= 0.3 is 0 Å². The molecule has 1 saturated carbocycles. The van der Waals surface area contributed by atoms with Crippen molar-refractivity contribution in [1.82, 2.24) is 5.32 Å². The van der Waals surface area contributed by atoms with Gasteiger partial charge in [-0.05, 0) is 13.3 Å². The van der Waals surface area contributed by atoms with Gasteiger partial charge in [-0.25, -0.2) is 0 Å². The zero-order valence-electron chi connectivity index (χ0n) is 9.58. The van der Waals surface area contributed by atoms with E-state index in [0.29, 0.717) is 13.1 Å². The molecule has 0 heterocycles. The molecule has 0 bridgehead atoms. The van der Waals surface area contributed by atoms with Crippen molar-refractivity contribution in [3.05, 3.63) is 0 Å². The van der Waals surface area contributed by atoms with Crippen LogP contribution in [0.15, 0.2) is 4.99 Å². The molecule has 0 spiro atoms. The Morgan fingerprint density at radius 2 is 2.12 bits per heavy atom. The lowest BCUT2D eigenvalue weighted by atomic mass is 10.1. The molecule has 0 aromatic rings. The summed E-state index contributed by atoms with van der Waals surface area (Å²) in [7, 11) is 0. The van der Waals surface area contributed by atoms with Crippen molar-refractivity contribution in [2.24, 2.45) is 10.9 Å². The topological polar surface area (TPSA) is 75.6 Å². The summed E-state index contributed by atoms with van der Waals surface area (Å²) >= 11 is 0. The van der Waals surface area contributed by atoms with Gasteiger partial charge in [0.2, 0.25) is 17.5 Å². The number of amides is 1. The number of Topliss-reactive ketones (excluding diaryl/α,β-unsaturated/α-hetero) is 2. The zero-order chi connectivity index (χ0) is 12.1. The van der Waals surface area contributed by atoms with E-state index in [1.165, 1.54) is 0 Å². The Morgan fingerprint density at radius 3 is 2.69 bits per heavy atom. The molecule has 1 unspecified atom stereocenters. The van der Waals surface area contributed by atoms with Crippen LogP contribution in [0.4, 0.5) is 0 Å². The van der Waals surface area contributed by atoms with E-state index in [1.54, 1.807) is 6.92 Å². The number of aliphatic imine (C=N–C) groups is 1. The number of rotatable bonds is 4. The van der Waals surface area contributed by atoms with Gasteiger partial charge in [0.15, 0.2) is 0 Å². The lowest BCUT2D eigenvalue weighted by Crippen LogP contribution is -2.34. The first-order chi connectivity index (χ1) is 7.61. The lowest BCUT2D eigenvalue weighted by molar-refractivity contribution is -0.132. The van der Waals surface area contributed by atoms with Gasteiger partial charge in [0.25, 0.3) is 0 Å². The van der Waals surface area contributed by atoms with Crippen LogP contribution in [0.2, 0.25) is 0 Å². The van der Waals surface area contributed by atoms with Gasteiger partial charge in [0.05, 0.1) is 11.6 Å². The molecule has 5 heteroatoms. The summed E-state index contributed by atoms with van der Waals surface area (Å²) in [5.74, 6) is -2.06. The molecule has 0 aliphatic heterocycles. The smallest absolute Gasteiger partial charge is 0.243 e. The maximum absolute atomic E-state index is 11.6. The van der Waals surface area contributed by atoms with Gasteiger partial charge in [-0.15, -0.1) is 0 Å². The van der Waals surface area contributed by atoms with Crippen LogP contribution < -0.4 is 5.32 Å². The van der Waals surface area contributed by atoms with Gasteiger partial charge in [0, 0.05) is 19.5 Å². The SMILES string of the molecule is CCCN=C1C(=O)C(=O)CC1C(=O)NCC. The number of carbonyl (C=O) groups excluding carboxylic acids is 3. The van der Waals surface area contributed by atoms with Gasteiger partial charge in [0.1, 0.15) is 0 Å². The van der Waals surface area contributed by atoms with E-state index >= 15 is 0 Å². The number of ketones is 2. The highest BCUT2D eigenvalue weighted by Crippen LogP contribution is 2.17. The summed E-state index contributed by atoms with van der Waals surface area (Å²) < 4.78 is 0. The van der Waals surface area contributed by atoms with Crippen molar-refractivity contribution in [3.8, 4) is 0 Å². The third-order valence-electron chi connectivity index (χ3n) is 2.38. The minimum absolute atomic E-state index is 0.0345. The number of nitrogens with zero attached hydrogens (tertiary/aromatic N) is 1. The van der Waals surface area contributed by atoms with E-state index in [9.17, 15) is 14.4 Å². The third kappa shape index (κ3) is 2.53. The Hall–Kier alpha value is -1.52. The van der Waals surface area contributed by atoms with Crippen LogP contribution >= 0.6 is 0 Å². The maximum atomic E-state index is 11.6. The van der Waals surface area contributed by atoms with Gasteiger partial charge < -0.3 is 5.32 Å². The molecule has 0 aromatic heterocycles. The molecule has 1 aliphatic carbocycles. The van der Waals surface area contributed by atoms with Gasteiger partial charge in [-0.1, -0.05) is 6.92 Å². The second kappa shape index (κ2) is 5.53. The minimum Gasteiger partial charge on any atom is -0.356 e. The molecule has 5 nitrogen and oxygen atoms in total. The van der Waals surface area contributed by atoms with Crippen LogP contribution in [0.5, 0.6) is 0 Å².